The molecule has 2 nitrogen and oxygen atoms in total. The molecule has 0 saturated carbocycles. The van der Waals surface area contributed by atoms with E-state index in [0.29, 0.717) is 18.6 Å². The molecule has 0 heterocycles. The van der Waals surface area contributed by atoms with Crippen LogP contribution in [0.1, 0.15) is 24.1 Å². The third kappa shape index (κ3) is 4.02. The third-order valence-corrected chi connectivity index (χ3v) is 3.76. The first kappa shape index (κ1) is 15.9. The Balaban J connectivity index is 2.16. The minimum atomic E-state index is -0.589. The highest BCUT2D eigenvalue weighted by Crippen LogP contribution is 2.29. The lowest BCUT2D eigenvalue weighted by molar-refractivity contribution is 0.338. The lowest BCUT2D eigenvalue weighted by Crippen LogP contribution is -2.14. The number of hydrogen-bond donors (Lipinski definition) is 1. The zero-order valence-electron chi connectivity index (χ0n) is 11.6. The smallest absolute Gasteiger partial charge is 0.133 e. The van der Waals surface area contributed by atoms with Crippen LogP contribution in [0.5, 0.6) is 5.75 Å². The average molecular weight is 356 g/mol. The fraction of sp³-hybridized carbons (Fsp3) is 0.250. The average Bonchev–Trinajstić information content (AvgIpc) is 2.44. The van der Waals surface area contributed by atoms with E-state index in [1.54, 1.807) is 0 Å². The zero-order valence-corrected chi connectivity index (χ0v) is 13.2. The Morgan fingerprint density at radius 1 is 1.19 bits per heavy atom. The molecule has 0 saturated heterocycles. The minimum absolute atomic E-state index is 0.298. The van der Waals surface area contributed by atoms with Crippen molar-refractivity contribution in [1.29, 1.82) is 0 Å². The SMILES string of the molecule is CCOc1ccc(C(N)Cc2ccc(F)cc2F)cc1Br. The highest BCUT2D eigenvalue weighted by Gasteiger charge is 2.13. The number of benzene rings is 2. The van der Waals surface area contributed by atoms with Crippen molar-refractivity contribution in [3.63, 3.8) is 0 Å². The Kier molecular flexibility index (Phi) is 5.31. The molecule has 0 amide bonds. The van der Waals surface area contributed by atoms with Gasteiger partial charge >= 0.3 is 0 Å². The summed E-state index contributed by atoms with van der Waals surface area (Å²) < 4.78 is 32.8. The molecule has 0 bridgehead atoms. The van der Waals surface area contributed by atoms with E-state index < -0.39 is 11.6 Å². The summed E-state index contributed by atoms with van der Waals surface area (Å²) in [6, 6.07) is 8.68. The minimum Gasteiger partial charge on any atom is -0.493 e. The fourth-order valence-electron chi connectivity index (χ4n) is 2.06. The summed E-state index contributed by atoms with van der Waals surface area (Å²) >= 11 is 3.42. The molecule has 0 aliphatic rings. The molecule has 0 spiro atoms. The summed E-state index contributed by atoms with van der Waals surface area (Å²) in [5, 5.41) is 0. The lowest BCUT2D eigenvalue weighted by atomic mass is 9.99. The van der Waals surface area contributed by atoms with E-state index in [2.05, 4.69) is 15.9 Å². The van der Waals surface area contributed by atoms with Gasteiger partial charge in [0.2, 0.25) is 0 Å². The Bertz CT molecular complexity index is 634. The third-order valence-electron chi connectivity index (χ3n) is 3.14. The molecular formula is C16H16BrF2NO. The predicted octanol–water partition coefficient (Wildman–Crippen LogP) is 4.37. The number of nitrogens with two attached hydrogens (primary N) is 1. The van der Waals surface area contributed by atoms with Crippen molar-refractivity contribution in [1.82, 2.24) is 0 Å². The highest BCUT2D eigenvalue weighted by atomic mass is 79.9. The summed E-state index contributed by atoms with van der Waals surface area (Å²) in [6.45, 7) is 2.48. The molecule has 21 heavy (non-hydrogen) atoms. The van der Waals surface area contributed by atoms with E-state index in [1.165, 1.54) is 12.1 Å². The van der Waals surface area contributed by atoms with Gasteiger partial charge in [-0.1, -0.05) is 12.1 Å². The number of halogens is 3. The van der Waals surface area contributed by atoms with Crippen molar-refractivity contribution in [2.45, 2.75) is 19.4 Å². The van der Waals surface area contributed by atoms with Gasteiger partial charge < -0.3 is 10.5 Å². The standard InChI is InChI=1S/C16H16BrF2NO/c1-2-21-16-6-4-11(7-13(16)17)15(20)8-10-3-5-12(18)9-14(10)19/h3-7,9,15H,2,8,20H2,1H3. The van der Waals surface area contributed by atoms with Crippen molar-refractivity contribution >= 4 is 15.9 Å². The van der Waals surface area contributed by atoms with Gasteiger partial charge in [-0.15, -0.1) is 0 Å². The van der Waals surface area contributed by atoms with Crippen molar-refractivity contribution < 1.29 is 13.5 Å². The second-order valence-electron chi connectivity index (χ2n) is 4.67. The maximum absolute atomic E-state index is 13.6. The summed E-state index contributed by atoms with van der Waals surface area (Å²) in [4.78, 5) is 0. The van der Waals surface area contributed by atoms with Crippen LogP contribution in [0.4, 0.5) is 8.78 Å². The van der Waals surface area contributed by atoms with Crippen molar-refractivity contribution in [3.8, 4) is 5.75 Å². The van der Waals surface area contributed by atoms with Crippen LogP contribution in [0.15, 0.2) is 40.9 Å². The van der Waals surface area contributed by atoms with Crippen molar-refractivity contribution in [3.05, 3.63) is 63.6 Å². The van der Waals surface area contributed by atoms with Crippen LogP contribution in [0.2, 0.25) is 0 Å². The van der Waals surface area contributed by atoms with Gasteiger partial charge in [-0.3, -0.25) is 0 Å². The maximum atomic E-state index is 13.6. The molecule has 0 fully saturated rings. The Hall–Kier alpha value is -1.46. The van der Waals surface area contributed by atoms with Gasteiger partial charge in [0, 0.05) is 12.1 Å². The quantitative estimate of drug-likeness (QED) is 0.864. The highest BCUT2D eigenvalue weighted by molar-refractivity contribution is 9.10. The Morgan fingerprint density at radius 3 is 2.57 bits per heavy atom. The van der Waals surface area contributed by atoms with Gasteiger partial charge in [0.1, 0.15) is 17.4 Å². The molecule has 2 aromatic rings. The molecule has 1 unspecified atom stereocenters. The normalized spacial score (nSPS) is 12.2. The summed E-state index contributed by atoms with van der Waals surface area (Å²) in [7, 11) is 0. The van der Waals surface area contributed by atoms with Crippen LogP contribution >= 0.6 is 15.9 Å². The first-order valence-electron chi connectivity index (χ1n) is 6.63. The van der Waals surface area contributed by atoms with Crippen LogP contribution in [0, 0.1) is 11.6 Å². The predicted molar refractivity (Wildman–Crippen MR) is 82.3 cm³/mol. The fourth-order valence-corrected chi connectivity index (χ4v) is 2.57. The topological polar surface area (TPSA) is 35.2 Å². The lowest BCUT2D eigenvalue weighted by Gasteiger charge is -2.15. The Morgan fingerprint density at radius 2 is 1.95 bits per heavy atom. The maximum Gasteiger partial charge on any atom is 0.133 e. The number of hydrogen-bond acceptors (Lipinski definition) is 2. The molecule has 5 heteroatoms. The molecule has 112 valence electrons. The molecule has 0 aliphatic carbocycles. The zero-order chi connectivity index (χ0) is 15.4. The summed E-state index contributed by atoms with van der Waals surface area (Å²) in [6.07, 6.45) is 0.298. The summed E-state index contributed by atoms with van der Waals surface area (Å²) in [5.74, 6) is -0.425. The van der Waals surface area contributed by atoms with Gasteiger partial charge in [-0.2, -0.15) is 0 Å². The Labute approximate surface area is 131 Å². The van der Waals surface area contributed by atoms with Crippen molar-refractivity contribution in [2.24, 2.45) is 5.73 Å². The summed E-state index contributed by atoms with van der Waals surface area (Å²) in [5.41, 5.74) is 7.36. The molecule has 1 atom stereocenters. The van der Waals surface area contributed by atoms with Crippen LogP contribution < -0.4 is 10.5 Å². The molecule has 0 aromatic heterocycles. The van der Waals surface area contributed by atoms with Gasteiger partial charge in [0.15, 0.2) is 0 Å². The van der Waals surface area contributed by atoms with E-state index in [4.69, 9.17) is 10.5 Å². The second-order valence-corrected chi connectivity index (χ2v) is 5.52. The van der Waals surface area contributed by atoms with E-state index in [0.717, 1.165) is 21.9 Å². The number of ether oxygens (including phenoxy) is 1. The first-order chi connectivity index (χ1) is 10.0. The largest absolute Gasteiger partial charge is 0.493 e. The van der Waals surface area contributed by atoms with Crippen molar-refractivity contribution in [2.75, 3.05) is 6.61 Å². The van der Waals surface area contributed by atoms with Crippen LogP contribution in [0.3, 0.4) is 0 Å². The van der Waals surface area contributed by atoms with E-state index in [-0.39, 0.29) is 6.04 Å². The van der Waals surface area contributed by atoms with Gasteiger partial charge in [-0.25, -0.2) is 8.78 Å². The molecule has 2 N–H and O–H groups in total. The molecule has 2 aromatic carbocycles. The van der Waals surface area contributed by atoms with E-state index in [9.17, 15) is 8.78 Å². The molecule has 2 rings (SSSR count). The monoisotopic (exact) mass is 355 g/mol. The van der Waals surface area contributed by atoms with Gasteiger partial charge in [0.25, 0.3) is 0 Å². The molecular weight excluding hydrogens is 340 g/mol. The van der Waals surface area contributed by atoms with Gasteiger partial charge in [-0.05, 0) is 58.6 Å². The molecule has 0 aliphatic heterocycles. The molecule has 0 radical (unpaired) electrons. The second kappa shape index (κ2) is 7.00. The van der Waals surface area contributed by atoms with E-state index >= 15 is 0 Å². The first-order valence-corrected chi connectivity index (χ1v) is 7.42. The number of rotatable bonds is 5. The van der Waals surface area contributed by atoms with Crippen LogP contribution in [-0.4, -0.2) is 6.61 Å². The van der Waals surface area contributed by atoms with Gasteiger partial charge in [0.05, 0.1) is 11.1 Å². The van der Waals surface area contributed by atoms with E-state index in [1.807, 2.05) is 25.1 Å². The van der Waals surface area contributed by atoms with Crippen LogP contribution in [-0.2, 0) is 6.42 Å². The van der Waals surface area contributed by atoms with Crippen LogP contribution in [0.25, 0.3) is 0 Å².